The maximum absolute atomic E-state index is 12.3. The van der Waals surface area contributed by atoms with Gasteiger partial charge >= 0.3 is 0 Å². The van der Waals surface area contributed by atoms with Crippen LogP contribution in [-0.2, 0) is 0 Å². The van der Waals surface area contributed by atoms with Crippen molar-refractivity contribution in [2.75, 3.05) is 32.0 Å². The summed E-state index contributed by atoms with van der Waals surface area (Å²) in [7, 11) is 0. The Bertz CT molecular complexity index is 627. The summed E-state index contributed by atoms with van der Waals surface area (Å²) in [4.78, 5) is 10.6. The highest BCUT2D eigenvalue weighted by Crippen LogP contribution is 2.25. The van der Waals surface area contributed by atoms with E-state index in [2.05, 4.69) is 14.9 Å². The van der Waals surface area contributed by atoms with Crippen LogP contribution in [-0.4, -0.2) is 47.3 Å². The molecule has 5 nitrogen and oxygen atoms in total. The molecule has 0 unspecified atom stereocenters. The average molecular weight is 316 g/mol. The molecule has 0 aliphatic carbocycles. The minimum Gasteiger partial charge on any atom is -0.489 e. The molecule has 23 heavy (non-hydrogen) atoms. The molecule has 0 saturated carbocycles. The normalized spacial score (nSPS) is 16.4. The second-order valence-corrected chi connectivity index (χ2v) is 5.69. The molecular weight excluding hydrogens is 295 g/mol. The number of alkyl halides is 1. The van der Waals surface area contributed by atoms with Crippen LogP contribution in [0.25, 0.3) is 11.3 Å². The summed E-state index contributed by atoms with van der Waals surface area (Å²) in [6.45, 7) is 2.00. The second-order valence-electron chi connectivity index (χ2n) is 5.69. The van der Waals surface area contributed by atoms with Gasteiger partial charge in [-0.05, 0) is 31.0 Å². The van der Waals surface area contributed by atoms with Crippen LogP contribution in [0.5, 0.6) is 5.75 Å². The number of piperidine rings is 1. The standard InChI is InChI=1S/C17H21FN4O/c18-6-10-22-8-4-13(5-9-22)23-14-1-2-17(21-11-14)15-12-20-7-3-16(15)19/h1-3,7,11-13H,4-6,8-10H2,(H2,19,20). The Balaban J connectivity index is 1.59. The van der Waals surface area contributed by atoms with E-state index in [1.807, 2.05) is 12.1 Å². The number of pyridine rings is 2. The Morgan fingerprint density at radius 3 is 2.70 bits per heavy atom. The molecule has 0 bridgehead atoms. The molecule has 0 atom stereocenters. The van der Waals surface area contributed by atoms with Gasteiger partial charge in [0, 0.05) is 43.3 Å². The monoisotopic (exact) mass is 316 g/mol. The van der Waals surface area contributed by atoms with Crippen molar-refractivity contribution >= 4 is 5.69 Å². The van der Waals surface area contributed by atoms with Gasteiger partial charge < -0.3 is 15.4 Å². The zero-order valence-electron chi connectivity index (χ0n) is 13.0. The van der Waals surface area contributed by atoms with Crippen molar-refractivity contribution in [3.63, 3.8) is 0 Å². The number of aromatic nitrogens is 2. The highest BCUT2D eigenvalue weighted by Gasteiger charge is 2.20. The van der Waals surface area contributed by atoms with Crippen LogP contribution in [0.2, 0.25) is 0 Å². The second kappa shape index (κ2) is 7.37. The number of anilines is 1. The molecule has 1 saturated heterocycles. The Hall–Kier alpha value is -2.21. The van der Waals surface area contributed by atoms with Gasteiger partial charge in [0.2, 0.25) is 0 Å². The molecule has 0 radical (unpaired) electrons. The molecule has 2 aromatic heterocycles. The molecule has 0 aromatic carbocycles. The van der Waals surface area contributed by atoms with E-state index >= 15 is 0 Å². The lowest BCUT2D eigenvalue weighted by Crippen LogP contribution is -2.39. The zero-order valence-corrected chi connectivity index (χ0v) is 13.0. The van der Waals surface area contributed by atoms with E-state index in [1.54, 1.807) is 24.7 Å². The van der Waals surface area contributed by atoms with Crippen molar-refractivity contribution in [1.82, 2.24) is 14.9 Å². The highest BCUT2D eigenvalue weighted by atomic mass is 19.1. The fourth-order valence-corrected chi connectivity index (χ4v) is 2.79. The van der Waals surface area contributed by atoms with Crippen LogP contribution in [0.15, 0.2) is 36.8 Å². The number of hydrogen-bond acceptors (Lipinski definition) is 5. The van der Waals surface area contributed by atoms with Gasteiger partial charge in [0.15, 0.2) is 0 Å². The fourth-order valence-electron chi connectivity index (χ4n) is 2.79. The predicted octanol–water partition coefficient (Wildman–Crippen LogP) is 2.54. The fraction of sp³-hybridized carbons (Fsp3) is 0.412. The third kappa shape index (κ3) is 3.96. The van der Waals surface area contributed by atoms with Gasteiger partial charge in [-0.3, -0.25) is 9.97 Å². The summed E-state index contributed by atoms with van der Waals surface area (Å²) in [5, 5.41) is 0. The van der Waals surface area contributed by atoms with E-state index in [4.69, 9.17) is 10.5 Å². The molecule has 1 fully saturated rings. The largest absolute Gasteiger partial charge is 0.489 e. The Labute approximate surface area is 135 Å². The van der Waals surface area contributed by atoms with E-state index in [0.717, 1.165) is 42.9 Å². The maximum Gasteiger partial charge on any atom is 0.138 e. The van der Waals surface area contributed by atoms with Gasteiger partial charge in [-0.15, -0.1) is 0 Å². The SMILES string of the molecule is Nc1ccncc1-c1ccc(OC2CCN(CCF)CC2)cn1. The van der Waals surface area contributed by atoms with E-state index in [-0.39, 0.29) is 12.8 Å². The van der Waals surface area contributed by atoms with Crippen LogP contribution in [0.3, 0.4) is 0 Å². The number of ether oxygens (including phenoxy) is 1. The lowest BCUT2D eigenvalue weighted by atomic mass is 10.1. The van der Waals surface area contributed by atoms with E-state index in [9.17, 15) is 4.39 Å². The minimum atomic E-state index is -0.283. The van der Waals surface area contributed by atoms with Crippen LogP contribution < -0.4 is 10.5 Å². The topological polar surface area (TPSA) is 64.3 Å². The number of nitrogens with two attached hydrogens (primary N) is 1. The zero-order chi connectivity index (χ0) is 16.1. The number of hydrogen-bond donors (Lipinski definition) is 1. The number of halogens is 1. The summed E-state index contributed by atoms with van der Waals surface area (Å²) in [6.07, 6.45) is 7.08. The first-order valence-corrected chi connectivity index (χ1v) is 7.87. The summed E-state index contributed by atoms with van der Waals surface area (Å²) in [5.74, 6) is 0.750. The number of nitrogens with zero attached hydrogens (tertiary/aromatic N) is 3. The van der Waals surface area contributed by atoms with E-state index in [0.29, 0.717) is 12.2 Å². The number of nitrogen functional groups attached to an aromatic ring is 1. The lowest BCUT2D eigenvalue weighted by Gasteiger charge is -2.31. The Kier molecular flexibility index (Phi) is 5.02. The molecular formula is C17H21FN4O. The van der Waals surface area contributed by atoms with Crippen LogP contribution >= 0.6 is 0 Å². The lowest BCUT2D eigenvalue weighted by molar-refractivity contribution is 0.0966. The molecule has 1 aliphatic rings. The third-order valence-corrected chi connectivity index (χ3v) is 4.11. The summed E-state index contributed by atoms with van der Waals surface area (Å²) in [6, 6.07) is 5.55. The van der Waals surface area contributed by atoms with Crippen molar-refractivity contribution in [3.8, 4) is 17.0 Å². The average Bonchev–Trinajstić information content (AvgIpc) is 2.58. The highest BCUT2D eigenvalue weighted by molar-refractivity contribution is 5.72. The molecule has 1 aliphatic heterocycles. The van der Waals surface area contributed by atoms with Gasteiger partial charge in [0.25, 0.3) is 0 Å². The molecule has 3 rings (SSSR count). The minimum absolute atomic E-state index is 0.168. The Morgan fingerprint density at radius 2 is 2.04 bits per heavy atom. The van der Waals surface area contributed by atoms with Crippen molar-refractivity contribution < 1.29 is 9.13 Å². The van der Waals surface area contributed by atoms with Crippen LogP contribution in [0, 0.1) is 0 Å². The van der Waals surface area contributed by atoms with Crippen molar-refractivity contribution in [2.45, 2.75) is 18.9 Å². The van der Waals surface area contributed by atoms with Crippen LogP contribution in [0.1, 0.15) is 12.8 Å². The first-order chi connectivity index (χ1) is 11.3. The smallest absolute Gasteiger partial charge is 0.138 e. The van der Waals surface area contributed by atoms with Gasteiger partial charge in [0.05, 0.1) is 11.9 Å². The summed E-state index contributed by atoms with van der Waals surface area (Å²) < 4.78 is 18.3. The molecule has 2 aromatic rings. The van der Waals surface area contributed by atoms with Crippen LogP contribution in [0.4, 0.5) is 10.1 Å². The maximum atomic E-state index is 12.3. The van der Waals surface area contributed by atoms with E-state index in [1.165, 1.54) is 0 Å². The summed E-state index contributed by atoms with van der Waals surface area (Å²) >= 11 is 0. The molecule has 122 valence electrons. The number of rotatable bonds is 5. The first-order valence-electron chi connectivity index (χ1n) is 7.87. The molecule has 3 heterocycles. The van der Waals surface area contributed by atoms with E-state index < -0.39 is 0 Å². The van der Waals surface area contributed by atoms with Gasteiger partial charge in [-0.25, -0.2) is 4.39 Å². The first kappa shape index (κ1) is 15.7. The molecule has 6 heteroatoms. The molecule has 0 amide bonds. The van der Waals surface area contributed by atoms with Crippen molar-refractivity contribution in [2.24, 2.45) is 0 Å². The summed E-state index contributed by atoms with van der Waals surface area (Å²) in [5.41, 5.74) is 8.19. The van der Waals surface area contributed by atoms with Gasteiger partial charge in [-0.1, -0.05) is 0 Å². The third-order valence-electron chi connectivity index (χ3n) is 4.11. The quantitative estimate of drug-likeness (QED) is 0.918. The molecule has 2 N–H and O–H groups in total. The molecule has 0 spiro atoms. The number of likely N-dealkylation sites (tertiary alicyclic amines) is 1. The van der Waals surface area contributed by atoms with Crippen molar-refractivity contribution in [1.29, 1.82) is 0 Å². The van der Waals surface area contributed by atoms with Gasteiger partial charge in [0.1, 0.15) is 18.5 Å². The predicted molar refractivity (Wildman–Crippen MR) is 87.9 cm³/mol. The Morgan fingerprint density at radius 1 is 1.22 bits per heavy atom. The van der Waals surface area contributed by atoms with Crippen molar-refractivity contribution in [3.05, 3.63) is 36.8 Å². The van der Waals surface area contributed by atoms with Gasteiger partial charge in [-0.2, -0.15) is 0 Å².